The van der Waals surface area contributed by atoms with E-state index in [9.17, 15) is 4.79 Å². The van der Waals surface area contributed by atoms with Gasteiger partial charge in [-0.05, 0) is 12.0 Å². The van der Waals surface area contributed by atoms with Gasteiger partial charge in [0.05, 0.1) is 12.1 Å². The molecule has 2 atom stereocenters. The summed E-state index contributed by atoms with van der Waals surface area (Å²) < 4.78 is 5.31. The van der Waals surface area contributed by atoms with Crippen LogP contribution in [0.3, 0.4) is 0 Å². The second-order valence-corrected chi connectivity index (χ2v) is 5.20. The highest BCUT2D eigenvalue weighted by atomic mass is 35.5. The van der Waals surface area contributed by atoms with Crippen LogP contribution in [-0.4, -0.2) is 48.2 Å². The van der Waals surface area contributed by atoms with Crippen LogP contribution >= 0.6 is 12.4 Å². The number of nitrogens with one attached hydrogen (secondary N) is 2. The summed E-state index contributed by atoms with van der Waals surface area (Å²) in [6, 6.07) is 1.62. The molecule has 0 spiro atoms. The molecule has 2 rings (SSSR count). The Morgan fingerprint density at radius 1 is 1.48 bits per heavy atom. The molecular formula is C13H22ClN5O2. The molecule has 0 unspecified atom stereocenters. The van der Waals surface area contributed by atoms with Gasteiger partial charge in [0.25, 0.3) is 5.91 Å². The fraction of sp³-hybridized carbons (Fsp3) is 0.615. The first-order valence-corrected chi connectivity index (χ1v) is 6.70. The number of hydrogen-bond donors (Lipinski definition) is 3. The molecule has 0 radical (unpaired) electrons. The number of anilines is 1. The van der Waals surface area contributed by atoms with E-state index in [2.05, 4.69) is 20.6 Å². The van der Waals surface area contributed by atoms with Gasteiger partial charge in [-0.3, -0.25) is 4.79 Å². The molecule has 2 heterocycles. The maximum Gasteiger partial charge on any atom is 0.270 e. The first-order chi connectivity index (χ1) is 9.51. The predicted octanol–water partition coefficient (Wildman–Crippen LogP) is 0.321. The summed E-state index contributed by atoms with van der Waals surface area (Å²) in [6.45, 7) is 5.39. The van der Waals surface area contributed by atoms with E-state index in [4.69, 9.17) is 10.5 Å². The summed E-state index contributed by atoms with van der Waals surface area (Å²) in [6.07, 6.45) is -0.0253. The predicted molar refractivity (Wildman–Crippen MR) is 82.7 cm³/mol. The quantitative estimate of drug-likeness (QED) is 0.739. The van der Waals surface area contributed by atoms with Crippen molar-refractivity contribution in [3.63, 3.8) is 0 Å². The second kappa shape index (κ2) is 7.53. The normalized spacial score (nSPS) is 21.1. The highest BCUT2D eigenvalue weighted by Crippen LogP contribution is 2.14. The minimum atomic E-state index is -0.253. The molecule has 1 aliphatic heterocycles. The molecule has 1 amide bonds. The van der Waals surface area contributed by atoms with Gasteiger partial charge in [-0.1, -0.05) is 13.8 Å². The van der Waals surface area contributed by atoms with Gasteiger partial charge >= 0.3 is 0 Å². The van der Waals surface area contributed by atoms with Crippen molar-refractivity contribution in [3.05, 3.63) is 17.5 Å². The molecule has 7 nitrogen and oxygen atoms in total. The van der Waals surface area contributed by atoms with Crippen LogP contribution in [-0.2, 0) is 4.74 Å². The number of methoxy groups -OCH3 is 1. The van der Waals surface area contributed by atoms with Crippen molar-refractivity contribution in [3.8, 4) is 0 Å². The average molecular weight is 316 g/mol. The minimum Gasteiger partial charge on any atom is -0.378 e. The number of halogens is 1. The van der Waals surface area contributed by atoms with Crippen molar-refractivity contribution in [2.24, 2.45) is 0 Å². The first-order valence-electron chi connectivity index (χ1n) is 6.70. The Kier molecular flexibility index (Phi) is 6.32. The van der Waals surface area contributed by atoms with Gasteiger partial charge in [-0.2, -0.15) is 0 Å². The third-order valence-electron chi connectivity index (χ3n) is 3.37. The minimum absolute atomic E-state index is 0. The van der Waals surface area contributed by atoms with Gasteiger partial charge < -0.3 is 21.1 Å². The van der Waals surface area contributed by atoms with Crippen LogP contribution in [0, 0.1) is 0 Å². The molecule has 0 aliphatic carbocycles. The van der Waals surface area contributed by atoms with Crippen molar-refractivity contribution >= 4 is 24.3 Å². The summed E-state index contributed by atoms with van der Waals surface area (Å²) in [5.41, 5.74) is 6.71. The number of carbonyl (C=O) groups excluding carboxylic acids is 1. The lowest BCUT2D eigenvalue weighted by molar-refractivity contribution is 0.0776. The maximum absolute atomic E-state index is 12.2. The van der Waals surface area contributed by atoms with E-state index in [-0.39, 0.29) is 42.3 Å². The van der Waals surface area contributed by atoms with Crippen LogP contribution in [0.1, 0.15) is 35.9 Å². The van der Waals surface area contributed by atoms with Crippen molar-refractivity contribution in [1.29, 1.82) is 0 Å². The topological polar surface area (TPSA) is 102 Å². The summed E-state index contributed by atoms with van der Waals surface area (Å²) in [7, 11) is 1.64. The number of nitrogen functional groups attached to an aromatic ring is 1. The highest BCUT2D eigenvalue weighted by molar-refractivity contribution is 5.92. The molecule has 21 heavy (non-hydrogen) atoms. The Balaban J connectivity index is 0.00000220. The summed E-state index contributed by atoms with van der Waals surface area (Å²) in [5, 5.41) is 6.09. The van der Waals surface area contributed by atoms with Gasteiger partial charge in [0.2, 0.25) is 5.95 Å². The molecule has 1 fully saturated rings. The molecule has 1 aliphatic rings. The lowest BCUT2D eigenvalue weighted by atomic mass is 10.1. The zero-order valence-corrected chi connectivity index (χ0v) is 13.2. The van der Waals surface area contributed by atoms with Crippen molar-refractivity contribution in [2.75, 3.05) is 25.9 Å². The standard InChI is InChI=1S/C13H21N5O2.ClH/c1-7(2)8-4-9(18-13(14)17-8)12(19)16-10-5-15-6-11(10)20-3;/h4,7,10-11,15H,5-6H2,1-3H3,(H,16,19)(H2,14,17,18);1H/t10-,11-;/m0./s1. The van der Waals surface area contributed by atoms with Crippen molar-refractivity contribution in [2.45, 2.75) is 31.9 Å². The Morgan fingerprint density at radius 3 is 2.81 bits per heavy atom. The number of nitrogens with zero attached hydrogens (tertiary/aromatic N) is 2. The number of nitrogens with two attached hydrogens (primary N) is 1. The molecule has 4 N–H and O–H groups in total. The number of hydrogen-bond acceptors (Lipinski definition) is 6. The molecule has 0 aromatic carbocycles. The van der Waals surface area contributed by atoms with Crippen LogP contribution in [0.2, 0.25) is 0 Å². The largest absolute Gasteiger partial charge is 0.378 e. The van der Waals surface area contributed by atoms with Crippen LogP contribution in [0.15, 0.2) is 6.07 Å². The summed E-state index contributed by atoms with van der Waals surface area (Å²) in [4.78, 5) is 20.4. The number of amides is 1. The van der Waals surface area contributed by atoms with E-state index >= 15 is 0 Å². The number of ether oxygens (including phenoxy) is 1. The Labute approximate surface area is 130 Å². The SMILES string of the molecule is CO[C@H]1CNC[C@@H]1NC(=O)c1cc(C(C)C)nc(N)n1.Cl. The van der Waals surface area contributed by atoms with Crippen LogP contribution in [0.5, 0.6) is 0 Å². The fourth-order valence-electron chi connectivity index (χ4n) is 2.19. The van der Waals surface area contributed by atoms with E-state index in [0.717, 1.165) is 12.2 Å². The van der Waals surface area contributed by atoms with Gasteiger partial charge in [-0.15, -0.1) is 12.4 Å². The molecule has 1 saturated heterocycles. The zero-order valence-electron chi connectivity index (χ0n) is 12.4. The molecule has 8 heteroatoms. The van der Waals surface area contributed by atoms with Crippen molar-refractivity contribution in [1.82, 2.24) is 20.6 Å². The smallest absolute Gasteiger partial charge is 0.270 e. The van der Waals surface area contributed by atoms with Gasteiger partial charge in [0.1, 0.15) is 5.69 Å². The third kappa shape index (κ3) is 4.26. The van der Waals surface area contributed by atoms with Crippen molar-refractivity contribution < 1.29 is 9.53 Å². The number of carbonyl (C=O) groups is 1. The van der Waals surface area contributed by atoms with E-state index in [1.54, 1.807) is 13.2 Å². The molecule has 1 aromatic heterocycles. The molecule has 1 aromatic rings. The van der Waals surface area contributed by atoms with Gasteiger partial charge in [-0.25, -0.2) is 9.97 Å². The maximum atomic E-state index is 12.2. The van der Waals surface area contributed by atoms with E-state index in [1.807, 2.05) is 13.8 Å². The van der Waals surface area contributed by atoms with E-state index in [0.29, 0.717) is 12.2 Å². The third-order valence-corrected chi connectivity index (χ3v) is 3.37. The number of rotatable bonds is 4. The Bertz CT molecular complexity index is 497. The van der Waals surface area contributed by atoms with E-state index < -0.39 is 0 Å². The van der Waals surface area contributed by atoms with Gasteiger partial charge in [0.15, 0.2) is 0 Å². The highest BCUT2D eigenvalue weighted by Gasteiger charge is 2.29. The van der Waals surface area contributed by atoms with Crippen LogP contribution in [0.25, 0.3) is 0 Å². The van der Waals surface area contributed by atoms with Gasteiger partial charge in [0, 0.05) is 25.9 Å². The van der Waals surface area contributed by atoms with E-state index in [1.165, 1.54) is 0 Å². The second-order valence-electron chi connectivity index (χ2n) is 5.20. The Morgan fingerprint density at radius 2 is 2.19 bits per heavy atom. The fourth-order valence-corrected chi connectivity index (χ4v) is 2.19. The zero-order chi connectivity index (χ0) is 14.7. The first kappa shape index (κ1) is 17.6. The molecule has 118 valence electrons. The molecule has 0 saturated carbocycles. The summed E-state index contributed by atoms with van der Waals surface area (Å²) in [5.74, 6) is 0.0534. The summed E-state index contributed by atoms with van der Waals surface area (Å²) >= 11 is 0. The lowest BCUT2D eigenvalue weighted by Crippen LogP contribution is -2.43. The molecular weight excluding hydrogens is 294 g/mol. The van der Waals surface area contributed by atoms with Crippen LogP contribution in [0.4, 0.5) is 5.95 Å². The molecule has 0 bridgehead atoms. The average Bonchev–Trinajstić information content (AvgIpc) is 2.85. The Hall–Kier alpha value is -1.44. The van der Waals surface area contributed by atoms with Crippen LogP contribution < -0.4 is 16.4 Å². The monoisotopic (exact) mass is 315 g/mol. The number of aromatic nitrogens is 2. The lowest BCUT2D eigenvalue weighted by Gasteiger charge is -2.18.